The van der Waals surface area contributed by atoms with E-state index in [4.69, 9.17) is 11.6 Å². The molecule has 0 bridgehead atoms. The second-order valence-electron chi connectivity index (χ2n) is 4.82. The van der Waals surface area contributed by atoms with E-state index in [9.17, 15) is 8.78 Å². The Kier molecular flexibility index (Phi) is 4.40. The third-order valence-corrected chi connectivity index (χ3v) is 3.58. The van der Waals surface area contributed by atoms with E-state index < -0.39 is 11.6 Å². The van der Waals surface area contributed by atoms with Gasteiger partial charge < -0.3 is 4.57 Å². The van der Waals surface area contributed by atoms with Crippen LogP contribution in [0, 0.1) is 17.6 Å². The monoisotopic (exact) mass is 286 g/mol. The number of aryl methyl sites for hydroxylation is 1. The molecule has 2 rings (SSSR count). The molecule has 1 unspecified atom stereocenters. The van der Waals surface area contributed by atoms with Crippen molar-refractivity contribution in [3.8, 4) is 0 Å². The minimum absolute atomic E-state index is 0.250. The van der Waals surface area contributed by atoms with E-state index in [-0.39, 0.29) is 5.52 Å². The van der Waals surface area contributed by atoms with Crippen molar-refractivity contribution in [2.45, 2.75) is 33.2 Å². The van der Waals surface area contributed by atoms with E-state index in [1.54, 1.807) is 4.57 Å². The van der Waals surface area contributed by atoms with Crippen molar-refractivity contribution >= 4 is 22.6 Å². The molecule has 0 amide bonds. The van der Waals surface area contributed by atoms with Gasteiger partial charge in [0.05, 0.1) is 5.52 Å². The van der Waals surface area contributed by atoms with E-state index >= 15 is 0 Å². The zero-order chi connectivity index (χ0) is 14.0. The molecule has 0 spiro atoms. The Hall–Kier alpha value is -1.16. The fraction of sp³-hybridized carbons (Fsp3) is 0.500. The fourth-order valence-corrected chi connectivity index (χ4v) is 2.29. The van der Waals surface area contributed by atoms with E-state index in [2.05, 4.69) is 18.8 Å². The summed E-state index contributed by atoms with van der Waals surface area (Å²) in [5.74, 6) is -0.165. The summed E-state index contributed by atoms with van der Waals surface area (Å²) in [6, 6.07) is 2.63. The van der Waals surface area contributed by atoms with Crippen LogP contribution in [0.15, 0.2) is 12.1 Å². The highest BCUT2D eigenvalue weighted by atomic mass is 35.5. The number of imidazole rings is 1. The van der Waals surface area contributed by atoms with Gasteiger partial charge in [0.15, 0.2) is 11.6 Å². The first-order valence-corrected chi connectivity index (χ1v) is 7.01. The summed E-state index contributed by atoms with van der Waals surface area (Å²) in [6.45, 7) is 4.77. The molecule has 1 atom stereocenters. The van der Waals surface area contributed by atoms with Gasteiger partial charge in [-0.2, -0.15) is 0 Å². The number of nitrogens with zero attached hydrogens (tertiary/aromatic N) is 2. The Morgan fingerprint density at radius 2 is 2.11 bits per heavy atom. The number of hydrogen-bond donors (Lipinski definition) is 0. The van der Waals surface area contributed by atoms with Crippen molar-refractivity contribution in [1.29, 1.82) is 0 Å². The zero-order valence-corrected chi connectivity index (χ0v) is 11.8. The van der Waals surface area contributed by atoms with Gasteiger partial charge in [-0.25, -0.2) is 13.8 Å². The van der Waals surface area contributed by atoms with Gasteiger partial charge in [0.2, 0.25) is 0 Å². The number of rotatable bonds is 5. The number of benzene rings is 1. The number of halogens is 3. The Bertz CT molecular complexity index is 580. The lowest BCUT2D eigenvalue weighted by molar-refractivity contribution is 0.457. The number of fused-ring (bicyclic) bond motifs is 1. The molecule has 5 heteroatoms. The summed E-state index contributed by atoms with van der Waals surface area (Å²) in [5, 5.41) is 0. The van der Waals surface area contributed by atoms with Gasteiger partial charge >= 0.3 is 0 Å². The van der Waals surface area contributed by atoms with Crippen molar-refractivity contribution in [1.82, 2.24) is 9.55 Å². The minimum Gasteiger partial charge on any atom is -0.325 e. The quantitative estimate of drug-likeness (QED) is 0.755. The molecular formula is C14H17ClF2N2. The molecule has 0 aliphatic rings. The summed E-state index contributed by atoms with van der Waals surface area (Å²) in [5.41, 5.74) is 0.739. The summed E-state index contributed by atoms with van der Waals surface area (Å²) in [6.07, 6.45) is 1.52. The molecule has 19 heavy (non-hydrogen) atoms. The lowest BCUT2D eigenvalue weighted by atomic mass is 10.1. The molecule has 0 N–H and O–H groups in total. The highest BCUT2D eigenvalue weighted by molar-refractivity contribution is 6.17. The smallest absolute Gasteiger partial charge is 0.184 e. The van der Waals surface area contributed by atoms with Crippen LogP contribution in [0.3, 0.4) is 0 Å². The van der Waals surface area contributed by atoms with Crippen molar-refractivity contribution < 1.29 is 8.78 Å². The van der Waals surface area contributed by atoms with Gasteiger partial charge in [0.1, 0.15) is 11.3 Å². The molecule has 1 heterocycles. The third kappa shape index (κ3) is 2.73. The van der Waals surface area contributed by atoms with Crippen LogP contribution >= 0.6 is 11.6 Å². The fourth-order valence-electron chi connectivity index (χ4n) is 2.12. The van der Waals surface area contributed by atoms with Crippen molar-refractivity contribution in [2.24, 2.45) is 5.92 Å². The van der Waals surface area contributed by atoms with Gasteiger partial charge in [0, 0.05) is 18.8 Å². The van der Waals surface area contributed by atoms with Gasteiger partial charge in [-0.1, -0.05) is 20.3 Å². The molecule has 2 aromatic rings. The lowest BCUT2D eigenvalue weighted by Gasteiger charge is -2.13. The number of aromatic nitrogens is 2. The summed E-state index contributed by atoms with van der Waals surface area (Å²) < 4.78 is 29.2. The largest absolute Gasteiger partial charge is 0.325 e. The highest BCUT2D eigenvalue weighted by Gasteiger charge is 2.18. The normalized spacial score (nSPS) is 13.1. The molecule has 0 saturated carbocycles. The van der Waals surface area contributed by atoms with E-state index in [1.807, 2.05) is 0 Å². The maximum atomic E-state index is 14.0. The SMILES string of the molecule is CCC(C)Cn1c(CCCl)nc2ccc(F)c(F)c21. The van der Waals surface area contributed by atoms with Crippen LogP contribution in [0.25, 0.3) is 11.0 Å². The lowest BCUT2D eigenvalue weighted by Crippen LogP contribution is -2.11. The van der Waals surface area contributed by atoms with Crippen LogP contribution < -0.4 is 0 Å². The van der Waals surface area contributed by atoms with Crippen LogP contribution in [0.5, 0.6) is 0 Å². The average Bonchev–Trinajstić information content (AvgIpc) is 2.73. The first kappa shape index (κ1) is 14.3. The Labute approximate surface area is 116 Å². The average molecular weight is 287 g/mol. The van der Waals surface area contributed by atoms with Gasteiger partial charge in [-0.3, -0.25) is 0 Å². The number of hydrogen-bond acceptors (Lipinski definition) is 1. The summed E-state index contributed by atoms with van der Waals surface area (Å²) >= 11 is 5.76. The van der Waals surface area contributed by atoms with Crippen LogP contribution in [0.2, 0.25) is 0 Å². The first-order chi connectivity index (χ1) is 9.08. The molecular weight excluding hydrogens is 270 g/mol. The zero-order valence-electron chi connectivity index (χ0n) is 11.1. The second-order valence-corrected chi connectivity index (χ2v) is 5.20. The van der Waals surface area contributed by atoms with Gasteiger partial charge in [-0.05, 0) is 18.1 Å². The minimum atomic E-state index is -0.838. The molecule has 2 nitrogen and oxygen atoms in total. The molecule has 104 valence electrons. The molecule has 0 fully saturated rings. The molecule has 0 aliphatic heterocycles. The van der Waals surface area contributed by atoms with Crippen molar-refractivity contribution in [3.05, 3.63) is 29.6 Å². The molecule has 1 aromatic heterocycles. The topological polar surface area (TPSA) is 17.8 Å². The van der Waals surface area contributed by atoms with E-state index in [1.165, 1.54) is 6.07 Å². The molecule has 0 aliphatic carbocycles. The maximum Gasteiger partial charge on any atom is 0.184 e. The number of alkyl halides is 1. The standard InChI is InChI=1S/C14H17ClF2N2/c1-3-9(2)8-19-12(6-7-15)18-11-5-4-10(16)13(17)14(11)19/h4-5,9H,3,6-8H2,1-2H3. The predicted molar refractivity (Wildman–Crippen MR) is 73.5 cm³/mol. The Morgan fingerprint density at radius 1 is 1.37 bits per heavy atom. The van der Waals surface area contributed by atoms with Crippen molar-refractivity contribution in [3.63, 3.8) is 0 Å². The van der Waals surface area contributed by atoms with E-state index in [0.717, 1.165) is 18.3 Å². The summed E-state index contributed by atoms with van der Waals surface area (Å²) in [4.78, 5) is 4.36. The van der Waals surface area contributed by atoms with E-state index in [0.29, 0.717) is 30.3 Å². The Morgan fingerprint density at radius 3 is 2.74 bits per heavy atom. The predicted octanol–water partition coefficient (Wildman–Crippen LogP) is 4.14. The molecule has 0 saturated heterocycles. The van der Waals surface area contributed by atoms with Gasteiger partial charge in [0.25, 0.3) is 0 Å². The Balaban J connectivity index is 2.60. The first-order valence-electron chi connectivity index (χ1n) is 6.47. The van der Waals surface area contributed by atoms with Crippen molar-refractivity contribution in [2.75, 3.05) is 5.88 Å². The van der Waals surface area contributed by atoms with Crippen LogP contribution in [-0.2, 0) is 13.0 Å². The van der Waals surface area contributed by atoms with Crippen LogP contribution in [-0.4, -0.2) is 15.4 Å². The van der Waals surface area contributed by atoms with Crippen LogP contribution in [0.1, 0.15) is 26.1 Å². The maximum absolute atomic E-state index is 14.0. The molecule has 0 radical (unpaired) electrons. The third-order valence-electron chi connectivity index (χ3n) is 3.39. The molecule has 1 aromatic carbocycles. The van der Waals surface area contributed by atoms with Gasteiger partial charge in [-0.15, -0.1) is 11.6 Å². The van der Waals surface area contributed by atoms with Crippen LogP contribution in [0.4, 0.5) is 8.78 Å². The second kappa shape index (κ2) is 5.87. The highest BCUT2D eigenvalue weighted by Crippen LogP contribution is 2.24. The summed E-state index contributed by atoms with van der Waals surface area (Å²) in [7, 11) is 0.